The number of hydrogen-bond donors (Lipinski definition) is 1. The molecule has 1 N–H and O–H groups in total. The zero-order chi connectivity index (χ0) is 23.4. The number of pyridine rings is 1. The molecule has 0 fully saturated rings. The van der Waals surface area contributed by atoms with Crippen molar-refractivity contribution in [2.75, 3.05) is 18.4 Å². The molecule has 3 heterocycles. The monoisotopic (exact) mass is 464 g/mol. The quantitative estimate of drug-likeness (QED) is 0.383. The normalized spacial score (nSPS) is 14.4. The van der Waals surface area contributed by atoms with Crippen molar-refractivity contribution in [3.05, 3.63) is 58.7 Å². The zero-order valence-electron chi connectivity index (χ0n) is 20.5. The van der Waals surface area contributed by atoms with Crippen LogP contribution in [0.2, 0.25) is 0 Å². The fraction of sp³-hybridized carbons (Fsp3) is 0.481. The summed E-state index contributed by atoms with van der Waals surface area (Å²) < 4.78 is 6.32. The summed E-state index contributed by atoms with van der Waals surface area (Å²) in [6.45, 7) is 14.5. The minimum absolute atomic E-state index is 0.0201. The molecule has 0 unspecified atom stereocenters. The molecule has 1 aliphatic heterocycles. The Hall–Kier alpha value is -2.44. The van der Waals surface area contributed by atoms with Crippen LogP contribution in [0.4, 0.5) is 10.8 Å². The van der Waals surface area contributed by atoms with Crippen LogP contribution in [0.25, 0.3) is 0 Å². The summed E-state index contributed by atoms with van der Waals surface area (Å²) in [5, 5.41) is 4.40. The van der Waals surface area contributed by atoms with Gasteiger partial charge in [0.25, 0.3) is 0 Å². The molecular weight excluding hydrogens is 428 g/mol. The van der Waals surface area contributed by atoms with E-state index in [4.69, 9.17) is 9.72 Å². The number of thiazole rings is 1. The largest absolute Gasteiger partial charge is 0.437 e. The number of para-hydroxylation sites is 1. The molecule has 0 atom stereocenters. The number of fused-ring (bicyclic) bond motifs is 1. The Morgan fingerprint density at radius 3 is 2.67 bits per heavy atom. The number of aromatic nitrogens is 2. The Bertz CT molecular complexity index is 1070. The Morgan fingerprint density at radius 1 is 1.12 bits per heavy atom. The van der Waals surface area contributed by atoms with E-state index >= 15 is 0 Å². The SMILES string of the molecule is CCC(CC)CN1CCc2nc(Nc3cccnc3Oc3ccccc3C(C)(C)C)sc2C1. The number of hydrogen-bond acceptors (Lipinski definition) is 6. The summed E-state index contributed by atoms with van der Waals surface area (Å²) in [7, 11) is 0. The van der Waals surface area contributed by atoms with Crippen molar-refractivity contribution in [2.24, 2.45) is 5.92 Å². The molecule has 2 aromatic heterocycles. The van der Waals surface area contributed by atoms with Crippen LogP contribution in [-0.4, -0.2) is 28.0 Å². The van der Waals surface area contributed by atoms with Crippen LogP contribution in [0.1, 0.15) is 63.6 Å². The molecule has 0 amide bonds. The molecule has 4 rings (SSSR count). The van der Waals surface area contributed by atoms with E-state index in [1.165, 1.54) is 30.0 Å². The molecular formula is C27H36N4OS. The van der Waals surface area contributed by atoms with Crippen molar-refractivity contribution in [2.45, 2.75) is 65.8 Å². The number of anilines is 2. The van der Waals surface area contributed by atoms with Crippen LogP contribution < -0.4 is 10.1 Å². The lowest BCUT2D eigenvalue weighted by Gasteiger charge is -2.29. The molecule has 0 bridgehead atoms. The molecule has 6 heteroatoms. The van der Waals surface area contributed by atoms with Crippen molar-refractivity contribution in [3.63, 3.8) is 0 Å². The lowest BCUT2D eigenvalue weighted by molar-refractivity contribution is 0.209. The summed E-state index contributed by atoms with van der Waals surface area (Å²) in [5.41, 5.74) is 3.20. The van der Waals surface area contributed by atoms with Crippen LogP contribution in [0, 0.1) is 5.92 Å². The van der Waals surface area contributed by atoms with Crippen LogP contribution in [0.15, 0.2) is 42.6 Å². The first-order valence-corrected chi connectivity index (χ1v) is 12.9. The van der Waals surface area contributed by atoms with Gasteiger partial charge in [-0.2, -0.15) is 0 Å². The third-order valence-corrected chi connectivity index (χ3v) is 7.39. The molecule has 0 saturated carbocycles. The number of benzene rings is 1. The third kappa shape index (κ3) is 5.74. The van der Waals surface area contributed by atoms with E-state index in [-0.39, 0.29) is 5.41 Å². The number of nitrogens with zero attached hydrogens (tertiary/aromatic N) is 3. The van der Waals surface area contributed by atoms with E-state index in [1.54, 1.807) is 17.5 Å². The van der Waals surface area contributed by atoms with Gasteiger partial charge in [-0.1, -0.05) is 65.7 Å². The van der Waals surface area contributed by atoms with Gasteiger partial charge in [-0.05, 0) is 29.5 Å². The van der Waals surface area contributed by atoms with Crippen molar-refractivity contribution in [1.82, 2.24) is 14.9 Å². The van der Waals surface area contributed by atoms with Crippen LogP contribution >= 0.6 is 11.3 Å². The Morgan fingerprint density at radius 2 is 1.91 bits per heavy atom. The highest BCUT2D eigenvalue weighted by Gasteiger charge is 2.23. The smallest absolute Gasteiger partial charge is 0.243 e. The minimum atomic E-state index is -0.0201. The van der Waals surface area contributed by atoms with Crippen molar-refractivity contribution < 1.29 is 4.74 Å². The Kier molecular flexibility index (Phi) is 7.35. The molecule has 0 aliphatic carbocycles. The summed E-state index contributed by atoms with van der Waals surface area (Å²) in [5.74, 6) is 2.18. The second kappa shape index (κ2) is 10.2. The fourth-order valence-corrected chi connectivity index (χ4v) is 5.39. The van der Waals surface area contributed by atoms with Crippen molar-refractivity contribution >= 4 is 22.2 Å². The summed E-state index contributed by atoms with van der Waals surface area (Å²) >= 11 is 1.75. The fourth-order valence-electron chi connectivity index (χ4n) is 4.33. The maximum absolute atomic E-state index is 6.32. The van der Waals surface area contributed by atoms with E-state index in [0.29, 0.717) is 5.88 Å². The molecule has 176 valence electrons. The van der Waals surface area contributed by atoms with E-state index < -0.39 is 0 Å². The van der Waals surface area contributed by atoms with Gasteiger partial charge in [-0.15, -0.1) is 11.3 Å². The van der Waals surface area contributed by atoms with Gasteiger partial charge >= 0.3 is 0 Å². The van der Waals surface area contributed by atoms with E-state index in [2.05, 4.69) is 62.0 Å². The first-order chi connectivity index (χ1) is 15.9. The highest BCUT2D eigenvalue weighted by Crippen LogP contribution is 2.37. The highest BCUT2D eigenvalue weighted by atomic mass is 32.1. The van der Waals surface area contributed by atoms with Crippen LogP contribution in [0.3, 0.4) is 0 Å². The summed E-state index contributed by atoms with van der Waals surface area (Å²) in [4.78, 5) is 13.4. The molecule has 1 aliphatic rings. The van der Waals surface area contributed by atoms with Crippen molar-refractivity contribution in [3.8, 4) is 11.6 Å². The van der Waals surface area contributed by atoms with Gasteiger partial charge in [0.1, 0.15) is 11.4 Å². The Balaban J connectivity index is 1.51. The molecule has 0 saturated heterocycles. The molecule has 33 heavy (non-hydrogen) atoms. The number of nitrogens with one attached hydrogen (secondary N) is 1. The average Bonchev–Trinajstić information content (AvgIpc) is 3.20. The maximum atomic E-state index is 6.32. The average molecular weight is 465 g/mol. The molecule has 0 spiro atoms. The van der Waals surface area contributed by atoms with Crippen LogP contribution in [0.5, 0.6) is 11.6 Å². The molecule has 0 radical (unpaired) electrons. The second-order valence-electron chi connectivity index (χ2n) is 9.89. The van der Waals surface area contributed by atoms with Gasteiger partial charge < -0.3 is 10.1 Å². The minimum Gasteiger partial charge on any atom is -0.437 e. The van der Waals surface area contributed by atoms with E-state index in [1.807, 2.05) is 24.3 Å². The van der Waals surface area contributed by atoms with Gasteiger partial charge in [0, 0.05) is 42.7 Å². The molecule has 1 aromatic carbocycles. The molecule has 3 aromatic rings. The topological polar surface area (TPSA) is 50.3 Å². The van der Waals surface area contributed by atoms with E-state index in [0.717, 1.165) is 47.6 Å². The maximum Gasteiger partial charge on any atom is 0.243 e. The predicted molar refractivity (Wildman–Crippen MR) is 138 cm³/mol. The Labute approximate surface area is 202 Å². The van der Waals surface area contributed by atoms with Gasteiger partial charge in [0.15, 0.2) is 5.13 Å². The third-order valence-electron chi connectivity index (χ3n) is 6.40. The van der Waals surface area contributed by atoms with Crippen LogP contribution in [-0.2, 0) is 18.4 Å². The lowest BCUT2D eigenvalue weighted by atomic mass is 9.86. The number of ether oxygens (including phenoxy) is 1. The second-order valence-corrected chi connectivity index (χ2v) is 11.0. The highest BCUT2D eigenvalue weighted by molar-refractivity contribution is 7.15. The summed E-state index contributed by atoms with van der Waals surface area (Å²) in [6.07, 6.45) is 5.28. The standard InChI is InChI=1S/C27H36N4OS/c1-6-19(7-2)17-31-16-14-21-24(18-31)33-26(29-21)30-22-12-10-15-28-25(22)32-23-13-9-8-11-20(23)27(3,4)5/h8-13,15,19H,6-7,14,16-18H2,1-5H3,(H,29,30). The molecule has 5 nitrogen and oxygen atoms in total. The lowest BCUT2D eigenvalue weighted by Crippen LogP contribution is -2.33. The van der Waals surface area contributed by atoms with E-state index in [9.17, 15) is 0 Å². The number of rotatable bonds is 8. The first kappa shape index (κ1) is 23.7. The van der Waals surface area contributed by atoms with Gasteiger partial charge in [0.2, 0.25) is 5.88 Å². The first-order valence-electron chi connectivity index (χ1n) is 12.1. The van der Waals surface area contributed by atoms with Gasteiger partial charge in [0.05, 0.1) is 5.69 Å². The van der Waals surface area contributed by atoms with Gasteiger partial charge in [-0.3, -0.25) is 4.90 Å². The zero-order valence-corrected chi connectivity index (χ0v) is 21.3. The van der Waals surface area contributed by atoms with Crippen molar-refractivity contribution in [1.29, 1.82) is 0 Å². The van der Waals surface area contributed by atoms with Gasteiger partial charge in [-0.25, -0.2) is 9.97 Å². The summed E-state index contributed by atoms with van der Waals surface area (Å²) in [6, 6.07) is 12.1. The predicted octanol–water partition coefficient (Wildman–Crippen LogP) is 7.17.